The Labute approximate surface area is 117 Å². The Bertz CT molecular complexity index is 523. The molecule has 3 N–H and O–H groups in total. The number of rotatable bonds is 1. The minimum Gasteiger partial charge on any atom is -0.350 e. The largest absolute Gasteiger partial charge is 0.350 e. The van der Waals surface area contributed by atoms with Crippen molar-refractivity contribution in [3.05, 3.63) is 0 Å². The molecular formula is C12H13FIN3O. The summed E-state index contributed by atoms with van der Waals surface area (Å²) in [5.41, 5.74) is 7.26. The van der Waals surface area contributed by atoms with Gasteiger partial charge in [-0.3, -0.25) is 0 Å². The van der Waals surface area contributed by atoms with Crippen molar-refractivity contribution in [2.45, 2.75) is 16.0 Å². The fourth-order valence-electron chi connectivity index (χ4n) is 6.44. The van der Waals surface area contributed by atoms with Crippen molar-refractivity contribution in [1.29, 1.82) is 0 Å². The Hall–Kier alpha value is -0.400. The van der Waals surface area contributed by atoms with Gasteiger partial charge in [0.1, 0.15) is 5.67 Å². The maximum atomic E-state index is 15.4. The lowest BCUT2D eigenvalue weighted by Crippen LogP contribution is -2.42. The van der Waals surface area contributed by atoms with Gasteiger partial charge in [0.15, 0.2) is 0 Å². The average molecular weight is 361 g/mol. The van der Waals surface area contributed by atoms with Crippen molar-refractivity contribution < 1.29 is 9.18 Å². The number of hydrogen-bond donors (Lipinski definition) is 2. The van der Waals surface area contributed by atoms with Crippen LogP contribution in [0.5, 0.6) is 0 Å². The summed E-state index contributed by atoms with van der Waals surface area (Å²) in [7, 11) is 0. The van der Waals surface area contributed by atoms with E-state index >= 15 is 4.39 Å². The molecule has 0 radical (unpaired) electrons. The third-order valence-corrected chi connectivity index (χ3v) is 8.16. The summed E-state index contributed by atoms with van der Waals surface area (Å²) < 4.78 is 15.6. The number of nitrogens with zero attached hydrogens (tertiary/aromatic N) is 1. The zero-order valence-corrected chi connectivity index (χ0v) is 11.7. The molecule has 6 fully saturated rings. The van der Waals surface area contributed by atoms with Gasteiger partial charge in [-0.1, -0.05) is 22.6 Å². The van der Waals surface area contributed by atoms with Crippen molar-refractivity contribution in [1.82, 2.24) is 5.43 Å². The van der Waals surface area contributed by atoms with Crippen LogP contribution in [-0.4, -0.2) is 21.3 Å². The summed E-state index contributed by atoms with van der Waals surface area (Å²) in [5, 5.41) is 4.17. The highest BCUT2D eigenvalue weighted by Gasteiger charge is 2.89. The number of primary amides is 1. The fraction of sp³-hybridized carbons (Fsp3) is 0.833. The van der Waals surface area contributed by atoms with E-state index in [-0.39, 0.29) is 21.7 Å². The lowest BCUT2D eigenvalue weighted by molar-refractivity contribution is 0.0218. The zero-order valence-electron chi connectivity index (χ0n) is 9.51. The standard InChI is InChI=1S/C12H13FIN3O/c13-12-7-3-1-2-4(5(3)10(12)14)8(12)9(6(2)7)16-17-11(15)18/h2-8,10H,1H2,(H3,15,17,18)/b16-9+. The topological polar surface area (TPSA) is 67.5 Å². The van der Waals surface area contributed by atoms with Crippen LogP contribution in [0.25, 0.3) is 0 Å². The number of hydrazone groups is 1. The first-order chi connectivity index (χ1) is 8.56. The molecular weight excluding hydrogens is 348 g/mol. The second kappa shape index (κ2) is 2.71. The maximum Gasteiger partial charge on any atom is 0.332 e. The molecule has 0 aromatic heterocycles. The number of carbonyl (C=O) groups excluding carboxylic acids is 1. The maximum absolute atomic E-state index is 15.4. The summed E-state index contributed by atoms with van der Waals surface area (Å²) in [6.07, 6.45) is 1.18. The van der Waals surface area contributed by atoms with Crippen LogP contribution >= 0.6 is 22.6 Å². The molecule has 6 aliphatic carbocycles. The zero-order chi connectivity index (χ0) is 12.4. The molecule has 2 amide bonds. The van der Waals surface area contributed by atoms with Crippen LogP contribution in [0.15, 0.2) is 5.10 Å². The molecule has 0 saturated heterocycles. The molecule has 6 heteroatoms. The van der Waals surface area contributed by atoms with E-state index in [2.05, 4.69) is 33.1 Å². The van der Waals surface area contributed by atoms with Gasteiger partial charge in [-0.2, -0.15) is 5.10 Å². The lowest BCUT2D eigenvalue weighted by atomic mass is 9.70. The number of amides is 2. The molecule has 6 rings (SSSR count). The number of nitrogens with two attached hydrogens (primary N) is 1. The number of nitrogens with one attached hydrogen (secondary N) is 1. The van der Waals surface area contributed by atoms with Crippen LogP contribution in [0.2, 0.25) is 0 Å². The number of halogens is 2. The Morgan fingerprint density at radius 3 is 2.94 bits per heavy atom. The highest BCUT2D eigenvalue weighted by molar-refractivity contribution is 14.1. The first-order valence-corrected chi connectivity index (χ1v) is 7.77. The predicted molar refractivity (Wildman–Crippen MR) is 70.8 cm³/mol. The average Bonchev–Trinajstić information content (AvgIpc) is 2.99. The van der Waals surface area contributed by atoms with Gasteiger partial charge in [-0.05, 0) is 30.1 Å². The summed E-state index contributed by atoms with van der Waals surface area (Å²) in [5.74, 6) is 2.70. The number of alkyl halides is 2. The van der Waals surface area contributed by atoms with Gasteiger partial charge < -0.3 is 5.73 Å². The van der Waals surface area contributed by atoms with Crippen LogP contribution in [0.4, 0.5) is 9.18 Å². The van der Waals surface area contributed by atoms with Crippen molar-refractivity contribution >= 4 is 34.3 Å². The van der Waals surface area contributed by atoms with Crippen LogP contribution in [0, 0.1) is 41.4 Å². The summed E-state index contributed by atoms with van der Waals surface area (Å²) in [6.45, 7) is 0. The molecule has 0 aliphatic heterocycles. The second-order valence-corrected chi connectivity index (χ2v) is 7.83. The van der Waals surface area contributed by atoms with Gasteiger partial charge in [-0.25, -0.2) is 14.6 Å². The highest BCUT2D eigenvalue weighted by Crippen LogP contribution is 2.85. The minimum absolute atomic E-state index is 0.0324. The highest BCUT2D eigenvalue weighted by atomic mass is 127. The third kappa shape index (κ3) is 0.750. The van der Waals surface area contributed by atoms with E-state index < -0.39 is 11.7 Å². The molecule has 6 aliphatic rings. The molecule has 18 heavy (non-hydrogen) atoms. The molecule has 9 atom stereocenters. The normalized spacial score (nSPS) is 66.9. The molecule has 4 nitrogen and oxygen atoms in total. The minimum atomic E-state index is -1.05. The van der Waals surface area contributed by atoms with Crippen molar-refractivity contribution in [3.63, 3.8) is 0 Å². The summed E-state index contributed by atoms with van der Waals surface area (Å²) in [6, 6.07) is -0.653. The molecule has 96 valence electrons. The Balaban J connectivity index is 1.67. The molecule has 0 heterocycles. The van der Waals surface area contributed by atoms with Crippen molar-refractivity contribution in [2.75, 3.05) is 0 Å². The second-order valence-electron chi connectivity index (χ2n) is 6.49. The molecule has 0 aromatic carbocycles. The van der Waals surface area contributed by atoms with Gasteiger partial charge in [0.25, 0.3) is 0 Å². The van der Waals surface area contributed by atoms with E-state index in [0.717, 1.165) is 5.71 Å². The van der Waals surface area contributed by atoms with Crippen LogP contribution < -0.4 is 11.2 Å². The van der Waals surface area contributed by atoms with Gasteiger partial charge in [0, 0.05) is 27.4 Å². The van der Waals surface area contributed by atoms with Gasteiger partial charge in [0.2, 0.25) is 0 Å². The Kier molecular flexibility index (Phi) is 1.57. The first kappa shape index (κ1) is 10.4. The number of urea groups is 1. The number of hydrogen-bond acceptors (Lipinski definition) is 2. The van der Waals surface area contributed by atoms with Crippen LogP contribution in [0.1, 0.15) is 6.42 Å². The van der Waals surface area contributed by atoms with E-state index in [9.17, 15) is 4.79 Å². The van der Waals surface area contributed by atoms with Crippen LogP contribution in [-0.2, 0) is 0 Å². The SMILES string of the molecule is NC(=O)N/N=C1\C2C3CC4C5C3C1C(F)(C5I)C42. The summed E-state index contributed by atoms with van der Waals surface area (Å²) >= 11 is 2.33. The van der Waals surface area contributed by atoms with E-state index in [1.165, 1.54) is 6.42 Å². The van der Waals surface area contributed by atoms with E-state index in [0.29, 0.717) is 23.7 Å². The third-order valence-electron chi connectivity index (χ3n) is 6.38. The summed E-state index contributed by atoms with van der Waals surface area (Å²) in [4.78, 5) is 10.8. The quantitative estimate of drug-likeness (QED) is 0.413. The van der Waals surface area contributed by atoms with Gasteiger partial charge in [0.05, 0.1) is 0 Å². The lowest BCUT2D eigenvalue weighted by Gasteiger charge is -2.36. The van der Waals surface area contributed by atoms with Crippen molar-refractivity contribution in [3.8, 4) is 0 Å². The molecule has 6 bridgehead atoms. The Morgan fingerprint density at radius 2 is 2.28 bits per heavy atom. The smallest absolute Gasteiger partial charge is 0.332 e. The molecule has 0 spiro atoms. The predicted octanol–water partition coefficient (Wildman–Crippen LogP) is 1.29. The van der Waals surface area contributed by atoms with E-state index in [1.807, 2.05) is 0 Å². The molecule has 9 unspecified atom stereocenters. The molecule has 6 saturated carbocycles. The monoisotopic (exact) mass is 361 g/mol. The van der Waals surface area contributed by atoms with Gasteiger partial charge >= 0.3 is 6.03 Å². The number of carbonyl (C=O) groups is 1. The van der Waals surface area contributed by atoms with Crippen LogP contribution in [0.3, 0.4) is 0 Å². The van der Waals surface area contributed by atoms with Gasteiger partial charge in [-0.15, -0.1) is 0 Å². The van der Waals surface area contributed by atoms with E-state index in [1.54, 1.807) is 0 Å². The molecule has 0 aromatic rings. The fourth-order valence-corrected chi connectivity index (χ4v) is 8.26. The Morgan fingerprint density at radius 1 is 1.50 bits per heavy atom. The van der Waals surface area contributed by atoms with E-state index in [4.69, 9.17) is 5.73 Å². The van der Waals surface area contributed by atoms with Crippen molar-refractivity contribution in [2.24, 2.45) is 52.3 Å². The first-order valence-electron chi connectivity index (χ1n) is 6.52.